The molecule has 100 valence electrons. The lowest BCUT2D eigenvalue weighted by Gasteiger charge is -2.16. The highest BCUT2D eigenvalue weighted by Crippen LogP contribution is 2.30. The van der Waals surface area contributed by atoms with E-state index in [1.165, 1.54) is 19.3 Å². The zero-order valence-corrected chi connectivity index (χ0v) is 11.3. The van der Waals surface area contributed by atoms with E-state index < -0.39 is 0 Å². The molecule has 0 amide bonds. The van der Waals surface area contributed by atoms with Gasteiger partial charge in [0.2, 0.25) is 0 Å². The Bertz CT molecular complexity index is 392. The number of nitrogens with one attached hydrogen (secondary N) is 1. The first kappa shape index (κ1) is 13.2. The summed E-state index contributed by atoms with van der Waals surface area (Å²) in [4.78, 5) is 0. The van der Waals surface area contributed by atoms with Crippen molar-refractivity contribution in [3.8, 4) is 11.5 Å². The Morgan fingerprint density at radius 1 is 1.39 bits per heavy atom. The van der Waals surface area contributed by atoms with Crippen molar-refractivity contribution < 1.29 is 9.84 Å². The lowest BCUT2D eigenvalue weighted by atomic mass is 9.98. The van der Waals surface area contributed by atoms with Gasteiger partial charge >= 0.3 is 0 Å². The van der Waals surface area contributed by atoms with E-state index in [4.69, 9.17) is 4.74 Å². The number of hydrogen-bond donors (Lipinski definition) is 2. The molecule has 2 atom stereocenters. The molecule has 0 saturated heterocycles. The molecule has 3 heteroatoms. The molecule has 1 aliphatic carbocycles. The second-order valence-corrected chi connectivity index (χ2v) is 5.31. The zero-order valence-electron chi connectivity index (χ0n) is 11.3. The molecule has 0 bridgehead atoms. The largest absolute Gasteiger partial charge is 0.504 e. The molecule has 1 fully saturated rings. The average molecular weight is 249 g/mol. The average Bonchev–Trinajstić information content (AvgIpc) is 2.77. The number of rotatable bonds is 5. The minimum Gasteiger partial charge on any atom is -0.504 e. The van der Waals surface area contributed by atoms with Crippen LogP contribution in [0.4, 0.5) is 0 Å². The van der Waals surface area contributed by atoms with Gasteiger partial charge in [0.15, 0.2) is 11.5 Å². The topological polar surface area (TPSA) is 41.5 Å². The Morgan fingerprint density at radius 2 is 2.22 bits per heavy atom. The van der Waals surface area contributed by atoms with E-state index in [-0.39, 0.29) is 5.75 Å². The molecule has 3 nitrogen and oxygen atoms in total. The van der Waals surface area contributed by atoms with Gasteiger partial charge in [-0.15, -0.1) is 0 Å². The Labute approximate surface area is 109 Å². The smallest absolute Gasteiger partial charge is 0.160 e. The van der Waals surface area contributed by atoms with E-state index in [9.17, 15) is 5.11 Å². The van der Waals surface area contributed by atoms with Crippen LogP contribution in [-0.4, -0.2) is 18.8 Å². The molecule has 1 saturated carbocycles. The van der Waals surface area contributed by atoms with Crippen molar-refractivity contribution in [2.24, 2.45) is 11.8 Å². The van der Waals surface area contributed by atoms with Crippen LogP contribution in [0.25, 0.3) is 0 Å². The highest BCUT2D eigenvalue weighted by atomic mass is 16.5. The summed E-state index contributed by atoms with van der Waals surface area (Å²) in [7, 11) is 1.58. The standard InChI is InChI=1S/C15H23NO2/c1-11-4-3-5-13(11)10-16-9-12-6-7-14(17)15(8-12)18-2/h6-8,11,13,16-17H,3-5,9-10H2,1-2H3. The summed E-state index contributed by atoms with van der Waals surface area (Å²) in [5.41, 5.74) is 1.15. The van der Waals surface area contributed by atoms with E-state index in [1.807, 2.05) is 12.1 Å². The Balaban J connectivity index is 1.83. The van der Waals surface area contributed by atoms with Crippen LogP contribution >= 0.6 is 0 Å². The van der Waals surface area contributed by atoms with Crippen molar-refractivity contribution >= 4 is 0 Å². The zero-order chi connectivity index (χ0) is 13.0. The number of methoxy groups -OCH3 is 1. The molecule has 1 aromatic carbocycles. The molecule has 1 aliphatic rings. The summed E-state index contributed by atoms with van der Waals surface area (Å²) < 4.78 is 5.10. The third kappa shape index (κ3) is 3.16. The molecule has 0 spiro atoms. The number of aromatic hydroxyl groups is 1. The Morgan fingerprint density at radius 3 is 2.89 bits per heavy atom. The number of phenols is 1. The van der Waals surface area contributed by atoms with E-state index >= 15 is 0 Å². The molecule has 0 radical (unpaired) electrons. The van der Waals surface area contributed by atoms with E-state index in [1.54, 1.807) is 13.2 Å². The van der Waals surface area contributed by atoms with Crippen LogP contribution in [0.3, 0.4) is 0 Å². The molecule has 0 heterocycles. The Hall–Kier alpha value is -1.22. The molecule has 2 N–H and O–H groups in total. The van der Waals surface area contributed by atoms with Crippen molar-refractivity contribution in [3.05, 3.63) is 23.8 Å². The summed E-state index contributed by atoms with van der Waals surface area (Å²) in [6.07, 6.45) is 4.10. The predicted octanol–water partition coefficient (Wildman–Crippen LogP) is 2.93. The Kier molecular flexibility index (Phi) is 4.48. The highest BCUT2D eigenvalue weighted by molar-refractivity contribution is 5.41. The van der Waals surface area contributed by atoms with Crippen LogP contribution in [0.5, 0.6) is 11.5 Å². The number of phenolic OH excluding ortho intramolecular Hbond substituents is 1. The molecular weight excluding hydrogens is 226 g/mol. The van der Waals surface area contributed by atoms with Gasteiger partial charge in [-0.2, -0.15) is 0 Å². The first-order valence-corrected chi connectivity index (χ1v) is 6.77. The SMILES string of the molecule is COc1cc(CNCC2CCCC2C)ccc1O. The summed E-state index contributed by atoms with van der Waals surface area (Å²) in [6, 6.07) is 5.51. The maximum absolute atomic E-state index is 9.52. The monoisotopic (exact) mass is 249 g/mol. The number of ether oxygens (including phenoxy) is 1. The maximum atomic E-state index is 9.52. The third-order valence-corrected chi connectivity index (χ3v) is 4.02. The highest BCUT2D eigenvalue weighted by Gasteiger charge is 2.22. The molecule has 2 rings (SSSR count). The predicted molar refractivity (Wildman–Crippen MR) is 72.9 cm³/mol. The molecule has 0 aliphatic heterocycles. The summed E-state index contributed by atoms with van der Waals surface area (Å²) >= 11 is 0. The van der Waals surface area contributed by atoms with Gasteiger partial charge in [-0.1, -0.05) is 25.8 Å². The second-order valence-electron chi connectivity index (χ2n) is 5.31. The van der Waals surface area contributed by atoms with Gasteiger partial charge in [-0.25, -0.2) is 0 Å². The third-order valence-electron chi connectivity index (χ3n) is 4.02. The van der Waals surface area contributed by atoms with Crippen LogP contribution in [0.2, 0.25) is 0 Å². The second kappa shape index (κ2) is 6.10. The summed E-state index contributed by atoms with van der Waals surface area (Å²) in [5.74, 6) is 2.42. The van der Waals surface area contributed by atoms with Gasteiger partial charge in [-0.3, -0.25) is 0 Å². The van der Waals surface area contributed by atoms with Crippen molar-refractivity contribution in [3.63, 3.8) is 0 Å². The van der Waals surface area contributed by atoms with Crippen LogP contribution in [-0.2, 0) is 6.54 Å². The quantitative estimate of drug-likeness (QED) is 0.843. The number of benzene rings is 1. The van der Waals surface area contributed by atoms with Gasteiger partial charge < -0.3 is 15.2 Å². The number of hydrogen-bond acceptors (Lipinski definition) is 3. The molecule has 1 aromatic rings. The van der Waals surface area contributed by atoms with Crippen molar-refractivity contribution in [2.75, 3.05) is 13.7 Å². The van der Waals surface area contributed by atoms with Gasteiger partial charge in [0.05, 0.1) is 7.11 Å². The normalized spacial score (nSPS) is 23.2. The molecule has 18 heavy (non-hydrogen) atoms. The van der Waals surface area contributed by atoms with Crippen LogP contribution in [0.1, 0.15) is 31.7 Å². The molecule has 2 unspecified atom stereocenters. The van der Waals surface area contributed by atoms with Crippen molar-refractivity contribution in [1.29, 1.82) is 0 Å². The molecule has 0 aromatic heterocycles. The summed E-state index contributed by atoms with van der Waals surface area (Å²) in [5, 5.41) is 13.0. The minimum atomic E-state index is 0.200. The van der Waals surface area contributed by atoms with Gasteiger partial charge in [0, 0.05) is 6.54 Å². The molecular formula is C15H23NO2. The van der Waals surface area contributed by atoms with Crippen LogP contribution < -0.4 is 10.1 Å². The first-order chi connectivity index (χ1) is 8.70. The fraction of sp³-hybridized carbons (Fsp3) is 0.600. The fourth-order valence-electron chi connectivity index (χ4n) is 2.76. The first-order valence-electron chi connectivity index (χ1n) is 6.77. The lowest BCUT2D eigenvalue weighted by molar-refractivity contribution is 0.371. The van der Waals surface area contributed by atoms with E-state index in [2.05, 4.69) is 12.2 Å². The van der Waals surface area contributed by atoms with E-state index in [0.29, 0.717) is 5.75 Å². The van der Waals surface area contributed by atoms with Crippen LogP contribution in [0, 0.1) is 11.8 Å². The van der Waals surface area contributed by atoms with Gasteiger partial charge in [-0.05, 0) is 42.5 Å². The fourth-order valence-corrected chi connectivity index (χ4v) is 2.76. The van der Waals surface area contributed by atoms with Crippen molar-refractivity contribution in [2.45, 2.75) is 32.7 Å². The summed E-state index contributed by atoms with van der Waals surface area (Å²) in [6.45, 7) is 4.27. The van der Waals surface area contributed by atoms with Crippen LogP contribution in [0.15, 0.2) is 18.2 Å². The van der Waals surface area contributed by atoms with Crippen molar-refractivity contribution in [1.82, 2.24) is 5.32 Å². The van der Waals surface area contributed by atoms with Gasteiger partial charge in [0.25, 0.3) is 0 Å². The lowest BCUT2D eigenvalue weighted by Crippen LogP contribution is -2.23. The van der Waals surface area contributed by atoms with E-state index in [0.717, 1.165) is 30.5 Å². The minimum absolute atomic E-state index is 0.200. The van der Waals surface area contributed by atoms with Gasteiger partial charge in [0.1, 0.15) is 0 Å². The maximum Gasteiger partial charge on any atom is 0.160 e.